The molecule has 0 saturated carbocycles. The molecule has 148 valence electrons. The zero-order chi connectivity index (χ0) is 20.4. The van der Waals surface area contributed by atoms with E-state index in [4.69, 9.17) is 0 Å². The maximum atomic E-state index is 13.5. The third-order valence-electron chi connectivity index (χ3n) is 4.51. The summed E-state index contributed by atoms with van der Waals surface area (Å²) in [4.78, 5) is 11.7. The molecule has 0 aliphatic carbocycles. The van der Waals surface area contributed by atoms with Gasteiger partial charge < -0.3 is 10.3 Å². The Balaban J connectivity index is 1.43. The third kappa shape index (κ3) is 4.37. The molecule has 0 aliphatic heterocycles. The fourth-order valence-electron chi connectivity index (χ4n) is 3.12. The number of H-pyrrole nitrogens is 1. The van der Waals surface area contributed by atoms with Gasteiger partial charge in [-0.05, 0) is 53.1 Å². The summed E-state index contributed by atoms with van der Waals surface area (Å²) in [5.74, 6) is -0.430. The summed E-state index contributed by atoms with van der Waals surface area (Å²) >= 11 is 0. The number of nitrogens with zero attached hydrogens (tertiary/aromatic N) is 2. The van der Waals surface area contributed by atoms with Crippen LogP contribution in [-0.4, -0.2) is 15.0 Å². The first-order valence-electron chi connectivity index (χ1n) is 8.85. The van der Waals surface area contributed by atoms with Gasteiger partial charge in [-0.3, -0.25) is 0 Å². The molecule has 3 heterocycles. The zero-order valence-corrected chi connectivity index (χ0v) is 15.1. The van der Waals surface area contributed by atoms with E-state index >= 15 is 0 Å². The second kappa shape index (κ2) is 7.54. The van der Waals surface area contributed by atoms with E-state index in [2.05, 4.69) is 20.3 Å². The molecule has 0 atom stereocenters. The van der Waals surface area contributed by atoms with Crippen LogP contribution in [-0.2, 0) is 19.1 Å². The molecule has 0 fully saturated rings. The van der Waals surface area contributed by atoms with Crippen molar-refractivity contribution < 1.29 is 17.6 Å². The van der Waals surface area contributed by atoms with E-state index in [0.29, 0.717) is 18.3 Å². The SMILES string of the molecule is Fc1cc(CNc2ccc(Cc3c[nH]c4ncccc34)cn2)cc(C(F)(F)F)c1. The van der Waals surface area contributed by atoms with Crippen molar-refractivity contribution in [3.05, 3.63) is 89.1 Å². The minimum absolute atomic E-state index is 0.0291. The van der Waals surface area contributed by atoms with Crippen molar-refractivity contribution in [2.75, 3.05) is 5.32 Å². The topological polar surface area (TPSA) is 53.6 Å². The molecular formula is C21H16F4N4. The molecule has 1 aromatic carbocycles. The van der Waals surface area contributed by atoms with Crippen LogP contribution in [0.5, 0.6) is 0 Å². The van der Waals surface area contributed by atoms with E-state index < -0.39 is 17.6 Å². The predicted molar refractivity (Wildman–Crippen MR) is 102 cm³/mol. The molecule has 3 aromatic heterocycles. The van der Waals surface area contributed by atoms with Gasteiger partial charge in [-0.2, -0.15) is 13.2 Å². The Morgan fingerprint density at radius 2 is 1.86 bits per heavy atom. The van der Waals surface area contributed by atoms with E-state index in [0.717, 1.165) is 34.3 Å². The molecule has 0 spiro atoms. The van der Waals surface area contributed by atoms with Crippen molar-refractivity contribution in [1.29, 1.82) is 0 Å². The van der Waals surface area contributed by atoms with Gasteiger partial charge in [0.2, 0.25) is 0 Å². The normalized spacial score (nSPS) is 11.7. The Bertz CT molecular complexity index is 1130. The molecule has 4 rings (SSSR count). The van der Waals surface area contributed by atoms with Crippen molar-refractivity contribution in [3.8, 4) is 0 Å². The molecule has 4 aromatic rings. The number of benzene rings is 1. The summed E-state index contributed by atoms with van der Waals surface area (Å²) in [5, 5.41) is 3.96. The van der Waals surface area contributed by atoms with Crippen LogP contribution in [0.25, 0.3) is 11.0 Å². The predicted octanol–water partition coefficient (Wildman–Crippen LogP) is 5.32. The number of hydrogen-bond acceptors (Lipinski definition) is 3. The minimum Gasteiger partial charge on any atom is -0.366 e. The molecule has 2 N–H and O–H groups in total. The Labute approximate surface area is 163 Å². The number of aromatic nitrogens is 3. The lowest BCUT2D eigenvalue weighted by Gasteiger charge is -2.11. The first-order chi connectivity index (χ1) is 13.9. The van der Waals surface area contributed by atoms with E-state index in [1.807, 2.05) is 24.4 Å². The van der Waals surface area contributed by atoms with E-state index in [1.54, 1.807) is 18.5 Å². The average molecular weight is 400 g/mol. The van der Waals surface area contributed by atoms with Gasteiger partial charge in [0.15, 0.2) is 0 Å². The molecule has 8 heteroatoms. The third-order valence-corrected chi connectivity index (χ3v) is 4.51. The smallest absolute Gasteiger partial charge is 0.366 e. The van der Waals surface area contributed by atoms with Crippen LogP contribution < -0.4 is 5.32 Å². The van der Waals surface area contributed by atoms with Gasteiger partial charge >= 0.3 is 6.18 Å². The van der Waals surface area contributed by atoms with Crippen LogP contribution in [0.1, 0.15) is 22.3 Å². The average Bonchev–Trinajstić information content (AvgIpc) is 3.09. The lowest BCUT2D eigenvalue weighted by Crippen LogP contribution is -2.08. The number of fused-ring (bicyclic) bond motifs is 1. The fourth-order valence-corrected chi connectivity index (χ4v) is 3.12. The van der Waals surface area contributed by atoms with Gasteiger partial charge in [0, 0.05) is 36.9 Å². The molecule has 0 radical (unpaired) electrons. The van der Waals surface area contributed by atoms with Crippen LogP contribution in [0.15, 0.2) is 61.1 Å². The highest BCUT2D eigenvalue weighted by Crippen LogP contribution is 2.30. The molecule has 0 saturated heterocycles. The Morgan fingerprint density at radius 1 is 1.00 bits per heavy atom. The number of halogens is 4. The number of nitrogens with one attached hydrogen (secondary N) is 2. The van der Waals surface area contributed by atoms with Crippen LogP contribution in [0.2, 0.25) is 0 Å². The Hall–Kier alpha value is -3.42. The number of aromatic amines is 1. The largest absolute Gasteiger partial charge is 0.416 e. The van der Waals surface area contributed by atoms with Crippen molar-refractivity contribution >= 4 is 16.9 Å². The molecule has 0 unspecified atom stereocenters. The minimum atomic E-state index is -4.59. The Kier molecular flexibility index (Phi) is 4.92. The van der Waals surface area contributed by atoms with E-state index in [1.165, 1.54) is 0 Å². The van der Waals surface area contributed by atoms with Crippen LogP contribution in [0.3, 0.4) is 0 Å². The second-order valence-corrected chi connectivity index (χ2v) is 6.64. The summed E-state index contributed by atoms with van der Waals surface area (Å²) < 4.78 is 51.9. The van der Waals surface area contributed by atoms with Crippen LogP contribution in [0.4, 0.5) is 23.4 Å². The summed E-state index contributed by atoms with van der Waals surface area (Å²) in [6.45, 7) is 0.0291. The first kappa shape index (κ1) is 18.9. The van der Waals surface area contributed by atoms with Gasteiger partial charge in [-0.15, -0.1) is 0 Å². The van der Waals surface area contributed by atoms with Gasteiger partial charge in [0.25, 0.3) is 0 Å². The zero-order valence-electron chi connectivity index (χ0n) is 15.1. The monoisotopic (exact) mass is 400 g/mol. The first-order valence-corrected chi connectivity index (χ1v) is 8.85. The summed E-state index contributed by atoms with van der Waals surface area (Å²) in [6.07, 6.45) is 1.41. The highest BCUT2D eigenvalue weighted by Gasteiger charge is 2.31. The fraction of sp³-hybridized carbons (Fsp3) is 0.143. The van der Waals surface area contributed by atoms with Crippen LogP contribution >= 0.6 is 0 Å². The summed E-state index contributed by atoms with van der Waals surface area (Å²) in [7, 11) is 0. The quantitative estimate of drug-likeness (QED) is 0.446. The molecule has 0 amide bonds. The maximum absolute atomic E-state index is 13.5. The highest BCUT2D eigenvalue weighted by molar-refractivity contribution is 5.79. The lowest BCUT2D eigenvalue weighted by molar-refractivity contribution is -0.137. The van der Waals surface area contributed by atoms with E-state index in [-0.39, 0.29) is 12.1 Å². The Morgan fingerprint density at radius 3 is 2.62 bits per heavy atom. The number of hydrogen-bond donors (Lipinski definition) is 2. The number of rotatable bonds is 5. The number of alkyl halides is 3. The van der Waals surface area contributed by atoms with E-state index in [9.17, 15) is 17.6 Å². The second-order valence-electron chi connectivity index (χ2n) is 6.64. The van der Waals surface area contributed by atoms with Crippen molar-refractivity contribution in [2.45, 2.75) is 19.1 Å². The number of anilines is 1. The van der Waals surface area contributed by atoms with Gasteiger partial charge in [0.05, 0.1) is 5.56 Å². The molecule has 29 heavy (non-hydrogen) atoms. The van der Waals surface area contributed by atoms with Crippen molar-refractivity contribution in [3.63, 3.8) is 0 Å². The standard InChI is InChI=1S/C21H16F4N4/c22-17-8-14(7-16(9-17)21(23,24)25)11-28-19-4-3-13(10-27-19)6-15-12-29-20-18(15)2-1-5-26-20/h1-5,7-10,12H,6,11H2,(H,26,29)(H,27,28). The van der Waals surface area contributed by atoms with Crippen molar-refractivity contribution in [1.82, 2.24) is 15.0 Å². The number of pyridine rings is 2. The lowest BCUT2D eigenvalue weighted by atomic mass is 10.1. The summed E-state index contributed by atoms with van der Waals surface area (Å²) in [5.41, 5.74) is 2.07. The van der Waals surface area contributed by atoms with Gasteiger partial charge in [-0.1, -0.05) is 6.07 Å². The van der Waals surface area contributed by atoms with Crippen molar-refractivity contribution in [2.24, 2.45) is 0 Å². The molecular weight excluding hydrogens is 384 g/mol. The van der Waals surface area contributed by atoms with Gasteiger partial charge in [0.1, 0.15) is 17.3 Å². The van der Waals surface area contributed by atoms with Crippen LogP contribution in [0, 0.1) is 5.82 Å². The highest BCUT2D eigenvalue weighted by atomic mass is 19.4. The molecule has 0 bridgehead atoms. The summed E-state index contributed by atoms with van der Waals surface area (Å²) in [6, 6.07) is 9.98. The maximum Gasteiger partial charge on any atom is 0.416 e. The van der Waals surface area contributed by atoms with Gasteiger partial charge in [-0.25, -0.2) is 14.4 Å². The molecule has 0 aliphatic rings. The molecule has 4 nitrogen and oxygen atoms in total.